The first-order chi connectivity index (χ1) is 11.4. The van der Waals surface area contributed by atoms with Gasteiger partial charge in [0.2, 0.25) is 5.91 Å². The summed E-state index contributed by atoms with van der Waals surface area (Å²) in [5.41, 5.74) is 0.372. The van der Waals surface area contributed by atoms with Crippen molar-refractivity contribution >= 4 is 29.2 Å². The second-order valence-corrected chi connectivity index (χ2v) is 6.30. The van der Waals surface area contributed by atoms with E-state index in [1.807, 2.05) is 13.8 Å². The summed E-state index contributed by atoms with van der Waals surface area (Å²) in [6.45, 7) is 3.82. The van der Waals surface area contributed by atoms with E-state index < -0.39 is 18.1 Å². The number of carbonyl (C=O) groups excluding carboxylic acids is 3. The van der Waals surface area contributed by atoms with Crippen LogP contribution < -0.4 is 15.4 Å². The van der Waals surface area contributed by atoms with Gasteiger partial charge in [-0.1, -0.05) is 31.9 Å². The molecule has 0 saturated heterocycles. The topological polar surface area (TPSA) is 84.5 Å². The Morgan fingerprint density at radius 1 is 1.42 bits per heavy atom. The van der Waals surface area contributed by atoms with Crippen molar-refractivity contribution in [1.29, 1.82) is 0 Å². The monoisotopic (exact) mass is 352 g/mol. The fourth-order valence-corrected chi connectivity index (χ4v) is 2.72. The highest BCUT2D eigenvalue weighted by molar-refractivity contribution is 6.31. The third-order valence-electron chi connectivity index (χ3n) is 4.21. The molecule has 1 aromatic rings. The molecule has 1 aliphatic rings. The van der Waals surface area contributed by atoms with Crippen molar-refractivity contribution in [3.05, 3.63) is 28.8 Å². The van der Waals surface area contributed by atoms with Gasteiger partial charge in [0.25, 0.3) is 5.91 Å². The molecule has 130 valence electrons. The summed E-state index contributed by atoms with van der Waals surface area (Å²) < 4.78 is 5.62. The molecule has 0 radical (unpaired) electrons. The molecule has 7 heteroatoms. The van der Waals surface area contributed by atoms with Gasteiger partial charge in [-0.25, -0.2) is 0 Å². The van der Waals surface area contributed by atoms with Crippen molar-refractivity contribution in [2.75, 3.05) is 7.05 Å². The molecule has 1 heterocycles. The maximum atomic E-state index is 12.5. The number of ether oxygens (including phenoxy) is 1. The molecule has 2 N–H and O–H groups in total. The summed E-state index contributed by atoms with van der Waals surface area (Å²) in [7, 11) is 1.52. The average Bonchev–Trinajstić information content (AvgIpc) is 2.58. The lowest BCUT2D eigenvalue weighted by atomic mass is 9.96. The number of likely N-dealkylation sites (N-methyl/N-ethyl adjacent to an activating group) is 1. The third kappa shape index (κ3) is 3.87. The van der Waals surface area contributed by atoms with Gasteiger partial charge in [-0.2, -0.15) is 0 Å². The van der Waals surface area contributed by atoms with Gasteiger partial charge in [-0.15, -0.1) is 0 Å². The number of Topliss-reactive ketones (excluding diaryl/α,β-unsaturated/α-hetero) is 1. The molecule has 1 unspecified atom stereocenters. The fourth-order valence-electron chi connectivity index (χ4n) is 2.55. The second-order valence-electron chi connectivity index (χ2n) is 5.86. The van der Waals surface area contributed by atoms with Gasteiger partial charge < -0.3 is 15.4 Å². The fraction of sp³-hybridized carbons (Fsp3) is 0.471. The number of carbonyl (C=O) groups is 3. The Morgan fingerprint density at radius 3 is 2.75 bits per heavy atom. The molecule has 0 saturated carbocycles. The van der Waals surface area contributed by atoms with E-state index in [1.165, 1.54) is 13.1 Å². The summed E-state index contributed by atoms with van der Waals surface area (Å²) in [6, 6.07) is 4.03. The van der Waals surface area contributed by atoms with Crippen molar-refractivity contribution in [1.82, 2.24) is 10.6 Å². The SMILES string of the molecule is CC[C@H](C)[C@H](NC(=O)C1CC(=O)c2cc(Cl)ccc2O1)C(=O)NC. The highest BCUT2D eigenvalue weighted by atomic mass is 35.5. The largest absolute Gasteiger partial charge is 0.479 e. The highest BCUT2D eigenvalue weighted by Gasteiger charge is 2.34. The van der Waals surface area contributed by atoms with Crippen molar-refractivity contribution in [3.63, 3.8) is 0 Å². The molecule has 0 bridgehead atoms. The first-order valence-electron chi connectivity index (χ1n) is 7.88. The molecular formula is C17H21ClN2O4. The first kappa shape index (κ1) is 18.3. The molecule has 3 atom stereocenters. The Bertz CT molecular complexity index is 662. The lowest BCUT2D eigenvalue weighted by Gasteiger charge is -2.28. The zero-order chi connectivity index (χ0) is 17.9. The summed E-state index contributed by atoms with van der Waals surface area (Å²) >= 11 is 5.88. The maximum absolute atomic E-state index is 12.5. The van der Waals surface area contributed by atoms with Gasteiger partial charge >= 0.3 is 0 Å². The zero-order valence-electron chi connectivity index (χ0n) is 13.9. The quantitative estimate of drug-likeness (QED) is 0.848. The van der Waals surface area contributed by atoms with E-state index in [0.29, 0.717) is 16.3 Å². The Balaban J connectivity index is 2.14. The molecular weight excluding hydrogens is 332 g/mol. The Kier molecular flexibility index (Phi) is 5.83. The molecule has 0 aromatic heterocycles. The number of amides is 2. The van der Waals surface area contributed by atoms with E-state index in [-0.39, 0.29) is 24.0 Å². The van der Waals surface area contributed by atoms with Crippen LogP contribution >= 0.6 is 11.6 Å². The van der Waals surface area contributed by atoms with Crippen LogP contribution in [0.4, 0.5) is 0 Å². The van der Waals surface area contributed by atoms with Crippen LogP contribution in [-0.4, -0.2) is 36.8 Å². The van der Waals surface area contributed by atoms with Crippen LogP contribution in [0.3, 0.4) is 0 Å². The molecule has 0 spiro atoms. The van der Waals surface area contributed by atoms with E-state index in [2.05, 4.69) is 10.6 Å². The van der Waals surface area contributed by atoms with Crippen LogP contribution in [0, 0.1) is 5.92 Å². The third-order valence-corrected chi connectivity index (χ3v) is 4.45. The summed E-state index contributed by atoms with van der Waals surface area (Å²) in [5.74, 6) is -0.668. The minimum atomic E-state index is -0.956. The van der Waals surface area contributed by atoms with E-state index in [1.54, 1.807) is 12.1 Å². The summed E-state index contributed by atoms with van der Waals surface area (Å²) in [5, 5.41) is 5.67. The molecule has 2 rings (SSSR count). The number of fused-ring (bicyclic) bond motifs is 1. The number of rotatable bonds is 5. The second kappa shape index (κ2) is 7.66. The standard InChI is InChI=1S/C17H21ClN2O4/c1-4-9(2)15(17(23)19-3)20-16(22)14-8-12(21)11-7-10(18)5-6-13(11)24-14/h5-7,9,14-15H,4,8H2,1-3H3,(H,19,23)(H,20,22)/t9-,14?,15-/m0/s1. The minimum absolute atomic E-state index is 0.0423. The zero-order valence-corrected chi connectivity index (χ0v) is 14.6. The van der Waals surface area contributed by atoms with Gasteiger partial charge in [-0.05, 0) is 24.1 Å². The van der Waals surface area contributed by atoms with E-state index in [0.717, 1.165) is 6.42 Å². The van der Waals surface area contributed by atoms with Crippen LogP contribution in [0.2, 0.25) is 5.02 Å². The number of hydrogen-bond donors (Lipinski definition) is 2. The number of hydrogen-bond acceptors (Lipinski definition) is 4. The average molecular weight is 353 g/mol. The summed E-state index contributed by atoms with van der Waals surface area (Å²) in [6.07, 6.45) is -0.313. The Hall–Kier alpha value is -2.08. The normalized spacial score (nSPS) is 18.8. The number of ketones is 1. The summed E-state index contributed by atoms with van der Waals surface area (Å²) in [4.78, 5) is 36.7. The van der Waals surface area contributed by atoms with Gasteiger partial charge in [0.1, 0.15) is 11.8 Å². The molecule has 24 heavy (non-hydrogen) atoms. The number of halogens is 1. The molecule has 0 aliphatic carbocycles. The lowest BCUT2D eigenvalue weighted by molar-refractivity contribution is -0.134. The smallest absolute Gasteiger partial charge is 0.262 e. The molecule has 1 aliphatic heterocycles. The van der Waals surface area contributed by atoms with Gasteiger partial charge in [0, 0.05) is 12.1 Å². The number of benzene rings is 1. The van der Waals surface area contributed by atoms with Gasteiger partial charge in [-0.3, -0.25) is 14.4 Å². The Labute approximate surface area is 145 Å². The van der Waals surface area contributed by atoms with E-state index >= 15 is 0 Å². The Morgan fingerprint density at radius 2 is 2.12 bits per heavy atom. The minimum Gasteiger partial charge on any atom is -0.479 e. The van der Waals surface area contributed by atoms with Crippen LogP contribution in [-0.2, 0) is 9.59 Å². The van der Waals surface area contributed by atoms with Crippen LogP contribution in [0.15, 0.2) is 18.2 Å². The van der Waals surface area contributed by atoms with Crippen molar-refractivity contribution in [2.24, 2.45) is 5.92 Å². The first-order valence-corrected chi connectivity index (χ1v) is 8.26. The van der Waals surface area contributed by atoms with Crippen LogP contribution in [0.5, 0.6) is 5.75 Å². The lowest BCUT2D eigenvalue weighted by Crippen LogP contribution is -2.53. The van der Waals surface area contributed by atoms with E-state index in [4.69, 9.17) is 16.3 Å². The predicted molar refractivity (Wildman–Crippen MR) is 90.3 cm³/mol. The van der Waals surface area contributed by atoms with Crippen molar-refractivity contribution in [2.45, 2.75) is 38.8 Å². The van der Waals surface area contributed by atoms with Crippen LogP contribution in [0.1, 0.15) is 37.0 Å². The molecule has 0 fully saturated rings. The van der Waals surface area contributed by atoms with Crippen molar-refractivity contribution < 1.29 is 19.1 Å². The molecule has 2 amide bonds. The van der Waals surface area contributed by atoms with Gasteiger partial charge in [0.05, 0.1) is 12.0 Å². The number of nitrogens with one attached hydrogen (secondary N) is 2. The highest BCUT2D eigenvalue weighted by Crippen LogP contribution is 2.30. The molecule has 1 aromatic carbocycles. The van der Waals surface area contributed by atoms with Gasteiger partial charge in [0.15, 0.2) is 11.9 Å². The predicted octanol–water partition coefficient (Wildman–Crippen LogP) is 1.95. The van der Waals surface area contributed by atoms with Crippen molar-refractivity contribution in [3.8, 4) is 5.75 Å². The molecule has 6 nitrogen and oxygen atoms in total. The van der Waals surface area contributed by atoms with Crippen LogP contribution in [0.25, 0.3) is 0 Å². The maximum Gasteiger partial charge on any atom is 0.262 e. The van der Waals surface area contributed by atoms with E-state index in [9.17, 15) is 14.4 Å².